The number of hydrogen-bond acceptors (Lipinski definition) is 5. The summed E-state index contributed by atoms with van der Waals surface area (Å²) < 4.78 is 5.77. The summed E-state index contributed by atoms with van der Waals surface area (Å²) in [5.41, 5.74) is 0.587. The second kappa shape index (κ2) is 7.63. The predicted molar refractivity (Wildman–Crippen MR) is 90.5 cm³/mol. The summed E-state index contributed by atoms with van der Waals surface area (Å²) in [4.78, 5) is 21.2. The van der Waals surface area contributed by atoms with Gasteiger partial charge < -0.3 is 14.5 Å². The third kappa shape index (κ3) is 3.36. The third-order valence-electron chi connectivity index (χ3n) is 4.96. The van der Waals surface area contributed by atoms with Gasteiger partial charge >= 0.3 is 0 Å². The Bertz CT molecular complexity index is 620. The van der Waals surface area contributed by atoms with Crippen LogP contribution in [0.3, 0.4) is 0 Å². The van der Waals surface area contributed by atoms with Gasteiger partial charge in [0.15, 0.2) is 0 Å². The van der Waals surface area contributed by atoms with E-state index >= 15 is 0 Å². The second-order valence-corrected chi connectivity index (χ2v) is 6.36. The normalized spacial score (nSPS) is 24.5. The number of anilines is 1. The van der Waals surface area contributed by atoms with Crippen molar-refractivity contribution in [2.75, 3.05) is 37.7 Å². The van der Waals surface area contributed by atoms with Gasteiger partial charge in [0.25, 0.3) is 0 Å². The molecule has 2 aliphatic rings. The standard InChI is InChI=1S/C18H24N4O2/c1-2-16-15(6-4-12-24-16)18(23)22-10-8-21(9-11-22)17-14(13-19)5-3-7-20-17/h3,5,7,15-16H,2,4,6,8-12H2,1H3. The molecule has 0 bridgehead atoms. The molecule has 0 aliphatic carbocycles. The fourth-order valence-electron chi connectivity index (χ4n) is 3.63. The zero-order valence-corrected chi connectivity index (χ0v) is 14.1. The van der Waals surface area contributed by atoms with Crippen molar-refractivity contribution in [2.45, 2.75) is 32.3 Å². The van der Waals surface area contributed by atoms with Gasteiger partial charge in [0, 0.05) is 39.0 Å². The lowest BCUT2D eigenvalue weighted by atomic mass is 9.91. The van der Waals surface area contributed by atoms with Crippen LogP contribution in [0.4, 0.5) is 5.82 Å². The summed E-state index contributed by atoms with van der Waals surface area (Å²) in [6.45, 7) is 5.62. The first-order valence-corrected chi connectivity index (χ1v) is 8.75. The van der Waals surface area contributed by atoms with E-state index in [1.807, 2.05) is 4.90 Å². The zero-order chi connectivity index (χ0) is 16.9. The molecule has 2 fully saturated rings. The molecule has 2 saturated heterocycles. The molecule has 6 heteroatoms. The topological polar surface area (TPSA) is 69.5 Å². The van der Waals surface area contributed by atoms with Gasteiger partial charge in [-0.05, 0) is 31.4 Å². The van der Waals surface area contributed by atoms with Gasteiger partial charge in [0.05, 0.1) is 17.6 Å². The molecule has 0 N–H and O–H groups in total. The van der Waals surface area contributed by atoms with Crippen LogP contribution >= 0.6 is 0 Å². The van der Waals surface area contributed by atoms with Crippen LogP contribution in [0.15, 0.2) is 18.3 Å². The van der Waals surface area contributed by atoms with Crippen LogP contribution < -0.4 is 4.90 Å². The van der Waals surface area contributed by atoms with Crippen LogP contribution in [-0.2, 0) is 9.53 Å². The first-order valence-electron chi connectivity index (χ1n) is 8.75. The average Bonchev–Trinajstić information content (AvgIpc) is 2.67. The Morgan fingerprint density at radius 3 is 2.92 bits per heavy atom. The first kappa shape index (κ1) is 16.7. The summed E-state index contributed by atoms with van der Waals surface area (Å²) in [6.07, 6.45) is 4.54. The van der Waals surface area contributed by atoms with Gasteiger partial charge in [-0.1, -0.05) is 6.92 Å². The van der Waals surface area contributed by atoms with E-state index in [4.69, 9.17) is 4.74 Å². The maximum Gasteiger partial charge on any atom is 0.228 e. The monoisotopic (exact) mass is 328 g/mol. The highest BCUT2D eigenvalue weighted by Crippen LogP contribution is 2.26. The van der Waals surface area contributed by atoms with Gasteiger partial charge in [-0.3, -0.25) is 4.79 Å². The zero-order valence-electron chi connectivity index (χ0n) is 14.1. The van der Waals surface area contributed by atoms with Crippen molar-refractivity contribution >= 4 is 11.7 Å². The highest BCUT2D eigenvalue weighted by Gasteiger charge is 2.35. The van der Waals surface area contributed by atoms with Gasteiger partial charge in [0.2, 0.25) is 5.91 Å². The lowest BCUT2D eigenvalue weighted by Gasteiger charge is -2.39. The minimum absolute atomic E-state index is 0.000167. The largest absolute Gasteiger partial charge is 0.377 e. The number of hydrogen-bond donors (Lipinski definition) is 0. The lowest BCUT2D eigenvalue weighted by molar-refractivity contribution is -0.145. The smallest absolute Gasteiger partial charge is 0.228 e. The predicted octanol–water partition coefficient (Wildman–Crippen LogP) is 1.81. The highest BCUT2D eigenvalue weighted by atomic mass is 16.5. The molecule has 3 heterocycles. The van der Waals surface area contributed by atoms with Crippen molar-refractivity contribution in [1.82, 2.24) is 9.88 Å². The average molecular weight is 328 g/mol. The third-order valence-corrected chi connectivity index (χ3v) is 4.96. The molecule has 6 nitrogen and oxygen atoms in total. The van der Waals surface area contributed by atoms with Crippen molar-refractivity contribution in [3.8, 4) is 6.07 Å². The first-order chi connectivity index (χ1) is 11.7. The maximum atomic E-state index is 12.8. The Balaban J connectivity index is 1.62. The summed E-state index contributed by atoms with van der Waals surface area (Å²) >= 11 is 0. The number of ether oxygens (including phenoxy) is 1. The van der Waals surface area contributed by atoms with Crippen LogP contribution in [0.25, 0.3) is 0 Å². The molecule has 1 amide bonds. The molecule has 0 saturated carbocycles. The minimum atomic E-state index is -0.000167. The van der Waals surface area contributed by atoms with E-state index in [1.54, 1.807) is 18.3 Å². The number of aromatic nitrogens is 1. The summed E-state index contributed by atoms with van der Waals surface area (Å²) in [5.74, 6) is 0.946. The SMILES string of the molecule is CCC1OCCCC1C(=O)N1CCN(c2ncccc2C#N)CC1. The van der Waals surface area contributed by atoms with Gasteiger partial charge in [0.1, 0.15) is 11.9 Å². The van der Waals surface area contributed by atoms with Gasteiger partial charge in [-0.15, -0.1) is 0 Å². The fraction of sp³-hybridized carbons (Fsp3) is 0.611. The van der Waals surface area contributed by atoms with Crippen LogP contribution in [-0.4, -0.2) is 54.7 Å². The number of carbonyl (C=O) groups excluding carboxylic acids is 1. The Morgan fingerprint density at radius 1 is 1.42 bits per heavy atom. The molecule has 3 rings (SSSR count). The number of carbonyl (C=O) groups is 1. The van der Waals surface area contributed by atoms with Crippen LogP contribution in [0.1, 0.15) is 31.7 Å². The highest BCUT2D eigenvalue weighted by molar-refractivity contribution is 5.80. The van der Waals surface area contributed by atoms with E-state index in [2.05, 4.69) is 22.9 Å². The Hall–Kier alpha value is -2.13. The minimum Gasteiger partial charge on any atom is -0.377 e. The van der Waals surface area contributed by atoms with Gasteiger partial charge in [-0.25, -0.2) is 4.98 Å². The molecule has 128 valence electrons. The fourth-order valence-corrected chi connectivity index (χ4v) is 3.63. The molecule has 24 heavy (non-hydrogen) atoms. The van der Waals surface area contributed by atoms with E-state index < -0.39 is 0 Å². The molecule has 0 spiro atoms. The molecule has 0 aromatic carbocycles. The molecule has 2 atom stereocenters. The Kier molecular flexibility index (Phi) is 5.31. The molecular weight excluding hydrogens is 304 g/mol. The quantitative estimate of drug-likeness (QED) is 0.846. The van der Waals surface area contributed by atoms with E-state index in [-0.39, 0.29) is 17.9 Å². The Morgan fingerprint density at radius 2 is 2.21 bits per heavy atom. The van der Waals surface area contributed by atoms with E-state index in [1.165, 1.54) is 0 Å². The Labute approximate surface area is 143 Å². The number of amides is 1. The maximum absolute atomic E-state index is 12.8. The van der Waals surface area contributed by atoms with Gasteiger partial charge in [-0.2, -0.15) is 5.26 Å². The summed E-state index contributed by atoms with van der Waals surface area (Å²) in [6, 6.07) is 5.75. The molecular formula is C18H24N4O2. The molecule has 1 aromatic heterocycles. The number of rotatable bonds is 3. The van der Waals surface area contributed by atoms with Crippen molar-refractivity contribution in [2.24, 2.45) is 5.92 Å². The van der Waals surface area contributed by atoms with E-state index in [0.29, 0.717) is 31.7 Å². The van der Waals surface area contributed by atoms with Crippen molar-refractivity contribution in [3.05, 3.63) is 23.9 Å². The van der Waals surface area contributed by atoms with Crippen molar-refractivity contribution in [3.63, 3.8) is 0 Å². The summed E-state index contributed by atoms with van der Waals surface area (Å²) in [5, 5.41) is 9.22. The molecule has 2 aliphatic heterocycles. The lowest BCUT2D eigenvalue weighted by Crippen LogP contribution is -2.52. The van der Waals surface area contributed by atoms with Crippen LogP contribution in [0.2, 0.25) is 0 Å². The number of nitrogens with zero attached hydrogens (tertiary/aromatic N) is 4. The van der Waals surface area contributed by atoms with Crippen molar-refractivity contribution in [1.29, 1.82) is 5.26 Å². The summed E-state index contributed by atoms with van der Waals surface area (Å²) in [7, 11) is 0. The number of nitriles is 1. The molecule has 0 radical (unpaired) electrons. The van der Waals surface area contributed by atoms with Crippen LogP contribution in [0, 0.1) is 17.2 Å². The number of piperazine rings is 1. The van der Waals surface area contributed by atoms with E-state index in [0.717, 1.165) is 31.7 Å². The number of pyridine rings is 1. The van der Waals surface area contributed by atoms with Crippen molar-refractivity contribution < 1.29 is 9.53 Å². The molecule has 2 unspecified atom stereocenters. The van der Waals surface area contributed by atoms with Crippen LogP contribution in [0.5, 0.6) is 0 Å². The second-order valence-electron chi connectivity index (χ2n) is 6.36. The molecule has 1 aromatic rings. The van der Waals surface area contributed by atoms with E-state index in [9.17, 15) is 10.1 Å².